The van der Waals surface area contributed by atoms with Gasteiger partial charge in [0, 0.05) is 29.6 Å². The topological polar surface area (TPSA) is 106 Å². The third kappa shape index (κ3) is 4.25. The van der Waals surface area contributed by atoms with Gasteiger partial charge < -0.3 is 0 Å². The first-order valence-corrected chi connectivity index (χ1v) is 12.1. The van der Waals surface area contributed by atoms with Crippen molar-refractivity contribution in [3.8, 4) is 0 Å². The highest BCUT2D eigenvalue weighted by molar-refractivity contribution is 7.71. The second-order valence-corrected chi connectivity index (χ2v) is 9.65. The van der Waals surface area contributed by atoms with Gasteiger partial charge in [-0.05, 0) is 45.0 Å². The van der Waals surface area contributed by atoms with Crippen molar-refractivity contribution in [2.24, 2.45) is 0 Å². The zero-order valence-corrected chi connectivity index (χ0v) is 20.0. The van der Waals surface area contributed by atoms with E-state index in [1.807, 2.05) is 20.7 Å². The predicted octanol–water partition coefficient (Wildman–Crippen LogP) is 4.63. The molecule has 1 aliphatic rings. The minimum atomic E-state index is -0.206. The van der Waals surface area contributed by atoms with Crippen LogP contribution in [0.15, 0.2) is 30.3 Å². The summed E-state index contributed by atoms with van der Waals surface area (Å²) in [5.74, 6) is 0.991. The molecule has 1 fully saturated rings. The molecule has 0 bridgehead atoms. The molecule has 170 valence electrons. The number of amides is 1. The molecule has 0 aromatic carbocycles. The minimum Gasteiger partial charge on any atom is -0.300 e. The maximum absolute atomic E-state index is 13.3. The number of anilines is 1. The second-order valence-electron chi connectivity index (χ2n) is 8.41. The maximum atomic E-state index is 13.3. The number of nitrogens with zero attached hydrogens (tertiary/aromatic N) is 6. The first-order chi connectivity index (χ1) is 15.9. The summed E-state index contributed by atoms with van der Waals surface area (Å²) in [6, 6.07) is 2.06. The van der Waals surface area contributed by atoms with Gasteiger partial charge in [-0.2, -0.15) is 10.2 Å². The zero-order chi connectivity index (χ0) is 23.1. The van der Waals surface area contributed by atoms with Crippen LogP contribution in [0, 0.1) is 4.77 Å². The van der Waals surface area contributed by atoms with Crippen LogP contribution >= 0.6 is 23.6 Å². The Hall–Kier alpha value is -3.18. The molecule has 4 aromatic heterocycles. The fraction of sp³-hybridized carbons (Fsp3) is 0.364. The second kappa shape index (κ2) is 8.64. The van der Waals surface area contributed by atoms with E-state index in [-0.39, 0.29) is 11.9 Å². The number of aromatic nitrogens is 7. The third-order valence-electron chi connectivity index (χ3n) is 5.58. The third-order valence-corrected chi connectivity index (χ3v) is 6.69. The average Bonchev–Trinajstić information content (AvgIpc) is 3.26. The molecule has 4 heterocycles. The van der Waals surface area contributed by atoms with Gasteiger partial charge in [0.05, 0.1) is 29.3 Å². The number of rotatable bonds is 8. The van der Waals surface area contributed by atoms with Crippen molar-refractivity contribution in [1.82, 2.24) is 34.5 Å². The summed E-state index contributed by atoms with van der Waals surface area (Å²) in [5.41, 5.74) is 3.10. The molecule has 0 spiro atoms. The number of aromatic amines is 1. The van der Waals surface area contributed by atoms with Crippen molar-refractivity contribution in [3.05, 3.63) is 57.8 Å². The minimum absolute atomic E-state index is 0.156. The molecule has 5 rings (SSSR count). The van der Waals surface area contributed by atoms with Crippen LogP contribution in [0.25, 0.3) is 11.0 Å². The largest absolute Gasteiger partial charge is 0.300 e. The molecular weight excluding hydrogens is 456 g/mol. The van der Waals surface area contributed by atoms with E-state index >= 15 is 0 Å². The Morgan fingerprint density at radius 1 is 1.42 bits per heavy atom. The highest BCUT2D eigenvalue weighted by Crippen LogP contribution is 2.40. The lowest BCUT2D eigenvalue weighted by molar-refractivity contribution is 0.102. The Balaban J connectivity index is 1.40. The lowest BCUT2D eigenvalue weighted by atomic mass is 10.1. The van der Waals surface area contributed by atoms with Crippen molar-refractivity contribution in [2.75, 3.05) is 5.32 Å². The number of H-pyrrole nitrogens is 1. The molecule has 33 heavy (non-hydrogen) atoms. The summed E-state index contributed by atoms with van der Waals surface area (Å²) in [7, 11) is 0. The molecule has 0 unspecified atom stereocenters. The van der Waals surface area contributed by atoms with Crippen LogP contribution in [0.1, 0.15) is 66.2 Å². The van der Waals surface area contributed by atoms with Gasteiger partial charge >= 0.3 is 0 Å². The van der Waals surface area contributed by atoms with Crippen molar-refractivity contribution < 1.29 is 4.79 Å². The lowest BCUT2D eigenvalue weighted by Crippen LogP contribution is -2.14. The van der Waals surface area contributed by atoms with Crippen LogP contribution in [0.5, 0.6) is 0 Å². The predicted molar refractivity (Wildman–Crippen MR) is 130 cm³/mol. The monoisotopic (exact) mass is 480 g/mol. The van der Waals surface area contributed by atoms with Crippen LogP contribution in [-0.4, -0.2) is 40.4 Å². The number of fused-ring (bicyclic) bond motifs is 1. The number of carbonyl (C=O) groups is 1. The highest BCUT2D eigenvalue weighted by Gasteiger charge is 2.28. The molecule has 2 N–H and O–H groups in total. The molecule has 0 atom stereocenters. The number of hydrogen-bond donors (Lipinski definition) is 2. The van der Waals surface area contributed by atoms with Crippen molar-refractivity contribution in [1.29, 1.82) is 0 Å². The molecular formula is C22H24N8OS2. The maximum Gasteiger partial charge on any atom is 0.258 e. The molecule has 9 nitrogen and oxygen atoms in total. The number of nitrogens with one attached hydrogen (secondary N) is 2. The van der Waals surface area contributed by atoms with Gasteiger partial charge in [0.1, 0.15) is 5.82 Å². The summed E-state index contributed by atoms with van der Waals surface area (Å²) >= 11 is 6.65. The molecule has 1 amide bonds. The van der Waals surface area contributed by atoms with Crippen LogP contribution < -0.4 is 5.32 Å². The fourth-order valence-electron chi connectivity index (χ4n) is 3.77. The molecule has 4 aromatic rings. The highest BCUT2D eigenvalue weighted by atomic mass is 32.1. The standard InChI is InChI=1S/C22H24N8OS2/c1-4-7-29-18(27-28-22(29)32)8-14-11-33-21(24-14)26-20(31)15-9-17(13-5-6-13)25-19-16(15)10-23-30(19)12(2)3/h4,9-13H,1,5-8H2,2-3H3,(H,28,32)(H,24,26,31). The quantitative estimate of drug-likeness (QED) is 0.281. The van der Waals surface area contributed by atoms with E-state index in [0.29, 0.717) is 34.3 Å². The van der Waals surface area contributed by atoms with Crippen LogP contribution in [-0.2, 0) is 13.0 Å². The fourth-order valence-corrected chi connectivity index (χ4v) is 4.70. The van der Waals surface area contributed by atoms with Gasteiger partial charge in [0.2, 0.25) is 0 Å². The Kier molecular flexibility index (Phi) is 5.67. The molecule has 1 aliphatic carbocycles. The molecule has 1 saturated carbocycles. The van der Waals surface area contributed by atoms with Crippen molar-refractivity contribution in [3.63, 3.8) is 0 Å². The summed E-state index contributed by atoms with van der Waals surface area (Å²) in [6.07, 6.45) is 6.21. The summed E-state index contributed by atoms with van der Waals surface area (Å²) < 4.78 is 4.29. The van der Waals surface area contributed by atoms with Crippen LogP contribution in [0.2, 0.25) is 0 Å². The van der Waals surface area contributed by atoms with Crippen LogP contribution in [0.4, 0.5) is 5.13 Å². The number of carbonyl (C=O) groups excluding carboxylic acids is 1. The smallest absolute Gasteiger partial charge is 0.258 e. The summed E-state index contributed by atoms with van der Waals surface area (Å²) in [5, 5.41) is 17.7. The number of hydrogen-bond acceptors (Lipinski definition) is 7. The van der Waals surface area contributed by atoms with Crippen LogP contribution in [0.3, 0.4) is 0 Å². The van der Waals surface area contributed by atoms with Gasteiger partial charge in [-0.1, -0.05) is 6.08 Å². The van der Waals surface area contributed by atoms with Gasteiger partial charge in [-0.3, -0.25) is 19.8 Å². The zero-order valence-electron chi connectivity index (χ0n) is 18.4. The van der Waals surface area contributed by atoms with E-state index in [1.165, 1.54) is 11.3 Å². The van der Waals surface area contributed by atoms with Gasteiger partial charge in [0.15, 0.2) is 15.5 Å². The van der Waals surface area contributed by atoms with E-state index in [9.17, 15) is 4.79 Å². The Morgan fingerprint density at radius 2 is 2.24 bits per heavy atom. The molecule has 0 radical (unpaired) electrons. The van der Waals surface area contributed by atoms with Gasteiger partial charge in [0.25, 0.3) is 5.91 Å². The first-order valence-electron chi connectivity index (χ1n) is 10.8. The normalized spacial score (nSPS) is 13.7. The molecule has 0 saturated heterocycles. The lowest BCUT2D eigenvalue weighted by Gasteiger charge is -2.10. The molecule has 11 heteroatoms. The van der Waals surface area contributed by atoms with E-state index in [1.54, 1.807) is 12.3 Å². The first kappa shape index (κ1) is 21.7. The number of thiazole rings is 1. The molecule has 0 aliphatic heterocycles. The Bertz CT molecular complexity index is 1410. The van der Waals surface area contributed by atoms with Gasteiger partial charge in [-0.15, -0.1) is 17.9 Å². The van der Waals surface area contributed by atoms with Crippen molar-refractivity contribution in [2.45, 2.75) is 51.6 Å². The van der Waals surface area contributed by atoms with E-state index in [4.69, 9.17) is 17.2 Å². The van der Waals surface area contributed by atoms with E-state index < -0.39 is 0 Å². The summed E-state index contributed by atoms with van der Waals surface area (Å²) in [4.78, 5) is 22.7. The van der Waals surface area contributed by atoms with E-state index in [2.05, 4.69) is 46.0 Å². The number of allylic oxidation sites excluding steroid dienone is 1. The average molecular weight is 481 g/mol. The number of pyridine rings is 1. The Labute approximate surface area is 199 Å². The van der Waals surface area contributed by atoms with Crippen molar-refractivity contribution >= 4 is 45.6 Å². The van der Waals surface area contributed by atoms with E-state index in [0.717, 1.165) is 41.1 Å². The SMILES string of the molecule is C=CCn1c(Cc2csc(NC(=O)c3cc(C4CC4)nc4c3cnn4C(C)C)n2)n[nH]c1=S. The Morgan fingerprint density at radius 3 is 2.97 bits per heavy atom. The van der Waals surface area contributed by atoms with Gasteiger partial charge in [-0.25, -0.2) is 14.6 Å². The summed E-state index contributed by atoms with van der Waals surface area (Å²) in [6.45, 7) is 8.45.